The van der Waals surface area contributed by atoms with E-state index in [2.05, 4.69) is 10.3 Å². The van der Waals surface area contributed by atoms with E-state index in [-0.39, 0.29) is 0 Å². The lowest BCUT2D eigenvalue weighted by molar-refractivity contribution is 0.0893. The Balaban J connectivity index is 1.74. The van der Waals surface area contributed by atoms with E-state index in [1.807, 2.05) is 12.3 Å². The van der Waals surface area contributed by atoms with E-state index in [0.29, 0.717) is 31.3 Å². The number of aryl methyl sites for hydroxylation is 1. The monoisotopic (exact) mass is 240 g/mol. The van der Waals surface area contributed by atoms with Crippen LogP contribution in [0.3, 0.4) is 0 Å². The van der Waals surface area contributed by atoms with Gasteiger partial charge in [0.05, 0.1) is 5.01 Å². The molecule has 2 atom stereocenters. The Morgan fingerprint density at radius 3 is 2.75 bits per heavy atom. The van der Waals surface area contributed by atoms with Crippen molar-refractivity contribution in [2.75, 3.05) is 0 Å². The summed E-state index contributed by atoms with van der Waals surface area (Å²) in [7, 11) is 0. The van der Waals surface area contributed by atoms with Gasteiger partial charge < -0.3 is 5.32 Å². The summed E-state index contributed by atoms with van der Waals surface area (Å²) < 4.78 is 14.7. The number of piperidine rings is 1. The molecule has 2 aliphatic rings. The average Bonchev–Trinajstić information content (AvgIpc) is 2.73. The van der Waals surface area contributed by atoms with Crippen LogP contribution in [0.2, 0.25) is 0 Å². The molecule has 0 amide bonds. The number of nitrogens with one attached hydrogen (secondary N) is 1. The lowest BCUT2D eigenvalue weighted by Crippen LogP contribution is -2.47. The van der Waals surface area contributed by atoms with Gasteiger partial charge in [-0.25, -0.2) is 9.37 Å². The van der Waals surface area contributed by atoms with Crippen LogP contribution in [0.1, 0.15) is 36.4 Å². The molecule has 2 bridgehead atoms. The van der Waals surface area contributed by atoms with E-state index in [9.17, 15) is 4.39 Å². The maximum atomic E-state index is 14.7. The number of rotatable bonds is 2. The fourth-order valence-electron chi connectivity index (χ4n) is 3.09. The maximum Gasteiger partial charge on any atom is 0.120 e. The van der Waals surface area contributed by atoms with Gasteiger partial charge in [-0.3, -0.25) is 0 Å². The van der Waals surface area contributed by atoms with Crippen molar-refractivity contribution in [2.45, 2.75) is 56.8 Å². The molecular formula is C12H17FN2S. The van der Waals surface area contributed by atoms with Crippen molar-refractivity contribution in [2.24, 2.45) is 0 Å². The Labute approximate surface area is 99.3 Å². The Hall–Kier alpha value is -0.480. The molecule has 2 saturated heterocycles. The van der Waals surface area contributed by atoms with Gasteiger partial charge in [-0.15, -0.1) is 11.3 Å². The first-order chi connectivity index (χ1) is 7.63. The van der Waals surface area contributed by atoms with Gasteiger partial charge in [0.1, 0.15) is 5.67 Å². The molecule has 1 aromatic heterocycles. The van der Waals surface area contributed by atoms with Crippen LogP contribution in [0.5, 0.6) is 0 Å². The second kappa shape index (κ2) is 3.77. The predicted molar refractivity (Wildman–Crippen MR) is 63.6 cm³/mol. The zero-order valence-corrected chi connectivity index (χ0v) is 10.3. The zero-order valence-electron chi connectivity index (χ0n) is 9.50. The number of thiazole rings is 1. The number of hydrogen-bond donors (Lipinski definition) is 1. The molecule has 4 heteroatoms. The number of aromatic nitrogens is 1. The molecule has 3 rings (SSSR count). The van der Waals surface area contributed by atoms with Crippen LogP contribution in [0.15, 0.2) is 5.38 Å². The number of fused-ring (bicyclic) bond motifs is 2. The second-order valence-corrected chi connectivity index (χ2v) is 6.20. The molecule has 0 spiro atoms. The molecule has 0 saturated carbocycles. The third-order valence-electron chi connectivity index (χ3n) is 3.69. The van der Waals surface area contributed by atoms with Gasteiger partial charge in [-0.05, 0) is 32.6 Å². The second-order valence-electron chi connectivity index (χ2n) is 5.26. The molecule has 2 fully saturated rings. The molecule has 0 aliphatic carbocycles. The van der Waals surface area contributed by atoms with Crippen molar-refractivity contribution in [1.82, 2.24) is 10.3 Å². The van der Waals surface area contributed by atoms with Crippen molar-refractivity contribution in [3.63, 3.8) is 0 Å². The molecule has 2 aliphatic heterocycles. The van der Waals surface area contributed by atoms with E-state index < -0.39 is 5.67 Å². The minimum Gasteiger partial charge on any atom is -0.311 e. The van der Waals surface area contributed by atoms with Crippen molar-refractivity contribution in [1.29, 1.82) is 0 Å². The van der Waals surface area contributed by atoms with E-state index >= 15 is 0 Å². The largest absolute Gasteiger partial charge is 0.311 e. The predicted octanol–water partition coefficient (Wildman–Crippen LogP) is 2.62. The summed E-state index contributed by atoms with van der Waals surface area (Å²) in [5.74, 6) is 0. The SMILES string of the molecule is Cc1csc(CC2(F)CC3CCC(C2)N3)n1. The Bertz CT molecular complexity index is 378. The molecule has 0 aromatic carbocycles. The van der Waals surface area contributed by atoms with Gasteiger partial charge >= 0.3 is 0 Å². The average molecular weight is 240 g/mol. The number of alkyl halides is 1. The van der Waals surface area contributed by atoms with Crippen LogP contribution in [0.4, 0.5) is 4.39 Å². The summed E-state index contributed by atoms with van der Waals surface area (Å²) in [6.45, 7) is 1.97. The lowest BCUT2D eigenvalue weighted by atomic mass is 9.87. The highest BCUT2D eigenvalue weighted by Crippen LogP contribution is 2.39. The first-order valence-corrected chi connectivity index (χ1v) is 6.87. The molecule has 0 radical (unpaired) electrons. The van der Waals surface area contributed by atoms with Crippen LogP contribution in [0, 0.1) is 6.92 Å². The van der Waals surface area contributed by atoms with Gasteiger partial charge in [0.2, 0.25) is 0 Å². The fourth-order valence-corrected chi connectivity index (χ4v) is 3.99. The molecule has 3 heterocycles. The fraction of sp³-hybridized carbons (Fsp3) is 0.750. The highest BCUT2D eigenvalue weighted by molar-refractivity contribution is 7.09. The normalized spacial score (nSPS) is 37.9. The van der Waals surface area contributed by atoms with Crippen molar-refractivity contribution in [3.05, 3.63) is 16.1 Å². The molecule has 16 heavy (non-hydrogen) atoms. The van der Waals surface area contributed by atoms with Crippen LogP contribution in [0.25, 0.3) is 0 Å². The van der Waals surface area contributed by atoms with Gasteiger partial charge in [0.25, 0.3) is 0 Å². The molecule has 1 aromatic rings. The van der Waals surface area contributed by atoms with Gasteiger partial charge in [0.15, 0.2) is 0 Å². The third-order valence-corrected chi connectivity index (χ3v) is 4.66. The number of halogens is 1. The van der Waals surface area contributed by atoms with Crippen LogP contribution in [-0.4, -0.2) is 22.7 Å². The Morgan fingerprint density at radius 1 is 1.50 bits per heavy atom. The van der Waals surface area contributed by atoms with Gasteiger partial charge in [-0.2, -0.15) is 0 Å². The van der Waals surface area contributed by atoms with Gasteiger partial charge in [-0.1, -0.05) is 0 Å². The van der Waals surface area contributed by atoms with Gasteiger partial charge in [0, 0.05) is 29.6 Å². The third kappa shape index (κ3) is 2.00. The molecule has 2 nitrogen and oxygen atoms in total. The van der Waals surface area contributed by atoms with Crippen molar-refractivity contribution in [3.8, 4) is 0 Å². The molecule has 88 valence electrons. The van der Waals surface area contributed by atoms with E-state index in [1.165, 1.54) is 0 Å². The summed E-state index contributed by atoms with van der Waals surface area (Å²) in [5.41, 5.74) is 0.00183. The molecule has 2 unspecified atom stereocenters. The quantitative estimate of drug-likeness (QED) is 0.859. The molecular weight excluding hydrogens is 223 g/mol. The minimum atomic E-state index is -1.01. The highest BCUT2D eigenvalue weighted by atomic mass is 32.1. The van der Waals surface area contributed by atoms with Crippen molar-refractivity contribution < 1.29 is 4.39 Å². The molecule has 1 N–H and O–H groups in total. The first kappa shape index (κ1) is 10.7. The smallest absolute Gasteiger partial charge is 0.120 e. The van der Waals surface area contributed by atoms with Crippen LogP contribution in [-0.2, 0) is 6.42 Å². The van der Waals surface area contributed by atoms with E-state index in [1.54, 1.807) is 11.3 Å². The van der Waals surface area contributed by atoms with E-state index in [0.717, 1.165) is 23.5 Å². The summed E-state index contributed by atoms with van der Waals surface area (Å²) in [5, 5.41) is 6.45. The topological polar surface area (TPSA) is 24.9 Å². The first-order valence-electron chi connectivity index (χ1n) is 5.99. The van der Waals surface area contributed by atoms with Crippen molar-refractivity contribution >= 4 is 11.3 Å². The minimum absolute atomic E-state index is 0.407. The lowest BCUT2D eigenvalue weighted by Gasteiger charge is -2.34. The number of nitrogens with zero attached hydrogens (tertiary/aromatic N) is 1. The van der Waals surface area contributed by atoms with Crippen LogP contribution < -0.4 is 5.32 Å². The van der Waals surface area contributed by atoms with E-state index in [4.69, 9.17) is 0 Å². The summed E-state index contributed by atoms with van der Waals surface area (Å²) in [6.07, 6.45) is 4.14. The standard InChI is InChI=1S/C12H17FN2S/c1-8-7-16-11(14-8)6-12(13)4-9-2-3-10(5-12)15-9/h7,9-10,15H,2-6H2,1H3. The highest BCUT2D eigenvalue weighted by Gasteiger charge is 2.44. The Morgan fingerprint density at radius 2 is 2.19 bits per heavy atom. The van der Waals surface area contributed by atoms with Crippen LogP contribution >= 0.6 is 11.3 Å². The number of hydrogen-bond acceptors (Lipinski definition) is 3. The summed E-state index contributed by atoms with van der Waals surface area (Å²) in [4.78, 5) is 4.38. The summed E-state index contributed by atoms with van der Waals surface area (Å²) in [6, 6.07) is 0.814. The maximum absolute atomic E-state index is 14.7. The Kier molecular flexibility index (Phi) is 2.51. The zero-order chi connectivity index (χ0) is 11.2. The summed E-state index contributed by atoms with van der Waals surface area (Å²) >= 11 is 1.59.